The Hall–Kier alpha value is -1.39. The standard InChI is InChI=1S/C12H17NO3/c1-9-5-3-4-6-10(9)11(14)7-13-12(15)8-16-2/h3-6,11,14H,7-8H2,1-2H3,(H,13,15). The molecule has 16 heavy (non-hydrogen) atoms. The van der Waals surface area contributed by atoms with E-state index in [1.165, 1.54) is 7.11 Å². The Morgan fingerprint density at radius 3 is 2.81 bits per heavy atom. The summed E-state index contributed by atoms with van der Waals surface area (Å²) in [4.78, 5) is 11.1. The van der Waals surface area contributed by atoms with E-state index in [1.807, 2.05) is 31.2 Å². The lowest BCUT2D eigenvalue weighted by molar-refractivity contribution is -0.125. The van der Waals surface area contributed by atoms with Crippen LogP contribution in [0.3, 0.4) is 0 Å². The summed E-state index contributed by atoms with van der Waals surface area (Å²) in [6.45, 7) is 2.14. The molecule has 1 atom stereocenters. The molecular weight excluding hydrogens is 206 g/mol. The number of aliphatic hydroxyl groups excluding tert-OH is 1. The predicted molar refractivity (Wildman–Crippen MR) is 61.0 cm³/mol. The fourth-order valence-electron chi connectivity index (χ4n) is 1.46. The van der Waals surface area contributed by atoms with Gasteiger partial charge in [0.05, 0.1) is 6.10 Å². The molecule has 0 aromatic heterocycles. The summed E-state index contributed by atoms with van der Waals surface area (Å²) in [5.41, 5.74) is 1.84. The Labute approximate surface area is 95.2 Å². The van der Waals surface area contributed by atoms with Crippen molar-refractivity contribution < 1.29 is 14.6 Å². The van der Waals surface area contributed by atoms with Crippen molar-refractivity contribution in [2.24, 2.45) is 0 Å². The smallest absolute Gasteiger partial charge is 0.246 e. The number of aliphatic hydroxyl groups is 1. The number of carbonyl (C=O) groups is 1. The minimum absolute atomic E-state index is 0.0144. The normalized spacial score (nSPS) is 12.2. The van der Waals surface area contributed by atoms with Crippen molar-refractivity contribution in [3.63, 3.8) is 0 Å². The fourth-order valence-corrected chi connectivity index (χ4v) is 1.46. The van der Waals surface area contributed by atoms with Crippen LogP contribution in [-0.4, -0.2) is 31.3 Å². The molecule has 4 heteroatoms. The van der Waals surface area contributed by atoms with Crippen molar-refractivity contribution in [1.29, 1.82) is 0 Å². The van der Waals surface area contributed by atoms with Crippen LogP contribution < -0.4 is 5.32 Å². The summed E-state index contributed by atoms with van der Waals surface area (Å²) in [6, 6.07) is 7.55. The van der Waals surface area contributed by atoms with Crippen molar-refractivity contribution in [3.8, 4) is 0 Å². The van der Waals surface area contributed by atoms with Gasteiger partial charge in [0.1, 0.15) is 6.61 Å². The third-order valence-corrected chi connectivity index (χ3v) is 2.32. The number of carbonyl (C=O) groups excluding carboxylic acids is 1. The van der Waals surface area contributed by atoms with Gasteiger partial charge < -0.3 is 15.2 Å². The lowest BCUT2D eigenvalue weighted by Gasteiger charge is -2.14. The average molecular weight is 223 g/mol. The van der Waals surface area contributed by atoms with Gasteiger partial charge in [0, 0.05) is 13.7 Å². The van der Waals surface area contributed by atoms with Crippen molar-refractivity contribution in [3.05, 3.63) is 35.4 Å². The summed E-state index contributed by atoms with van der Waals surface area (Å²) < 4.78 is 4.67. The highest BCUT2D eigenvalue weighted by atomic mass is 16.5. The molecule has 0 spiro atoms. The van der Waals surface area contributed by atoms with Gasteiger partial charge in [-0.2, -0.15) is 0 Å². The molecular formula is C12H17NO3. The van der Waals surface area contributed by atoms with Gasteiger partial charge >= 0.3 is 0 Å². The Morgan fingerprint density at radius 2 is 2.19 bits per heavy atom. The van der Waals surface area contributed by atoms with Gasteiger partial charge in [-0.3, -0.25) is 4.79 Å². The zero-order valence-electron chi connectivity index (χ0n) is 9.56. The maximum Gasteiger partial charge on any atom is 0.246 e. The first-order valence-electron chi connectivity index (χ1n) is 5.14. The molecule has 0 bridgehead atoms. The number of aryl methyl sites for hydroxylation is 1. The minimum Gasteiger partial charge on any atom is -0.387 e. The second-order valence-corrected chi connectivity index (χ2v) is 3.61. The van der Waals surface area contributed by atoms with Crippen molar-refractivity contribution in [2.75, 3.05) is 20.3 Å². The van der Waals surface area contributed by atoms with E-state index in [2.05, 4.69) is 10.1 Å². The van der Waals surface area contributed by atoms with Crippen molar-refractivity contribution >= 4 is 5.91 Å². The van der Waals surface area contributed by atoms with Crippen LogP contribution in [0.4, 0.5) is 0 Å². The van der Waals surface area contributed by atoms with Gasteiger partial charge in [-0.15, -0.1) is 0 Å². The second kappa shape index (κ2) is 6.25. The highest BCUT2D eigenvalue weighted by Gasteiger charge is 2.10. The topological polar surface area (TPSA) is 58.6 Å². The molecule has 0 saturated carbocycles. The molecule has 4 nitrogen and oxygen atoms in total. The number of methoxy groups -OCH3 is 1. The first-order chi connectivity index (χ1) is 7.65. The summed E-state index contributed by atoms with van der Waals surface area (Å²) >= 11 is 0. The van der Waals surface area contributed by atoms with Gasteiger partial charge in [0.2, 0.25) is 5.91 Å². The fraction of sp³-hybridized carbons (Fsp3) is 0.417. The van der Waals surface area contributed by atoms with E-state index >= 15 is 0 Å². The number of hydrogen-bond donors (Lipinski definition) is 2. The van der Waals surface area contributed by atoms with E-state index in [1.54, 1.807) is 0 Å². The lowest BCUT2D eigenvalue weighted by Crippen LogP contribution is -2.31. The Bertz CT molecular complexity index is 352. The molecule has 1 aromatic carbocycles. The molecule has 1 rings (SSSR count). The van der Waals surface area contributed by atoms with E-state index in [9.17, 15) is 9.90 Å². The highest BCUT2D eigenvalue weighted by Crippen LogP contribution is 2.15. The third-order valence-electron chi connectivity index (χ3n) is 2.32. The van der Waals surface area contributed by atoms with Crippen LogP contribution in [0.2, 0.25) is 0 Å². The van der Waals surface area contributed by atoms with Crippen LogP contribution in [0, 0.1) is 6.92 Å². The number of rotatable bonds is 5. The molecule has 1 aromatic rings. The third kappa shape index (κ3) is 3.64. The monoisotopic (exact) mass is 223 g/mol. The van der Waals surface area contributed by atoms with Crippen LogP contribution in [0.1, 0.15) is 17.2 Å². The zero-order valence-corrected chi connectivity index (χ0v) is 9.56. The van der Waals surface area contributed by atoms with Gasteiger partial charge in [-0.25, -0.2) is 0 Å². The van der Waals surface area contributed by atoms with E-state index in [0.29, 0.717) is 0 Å². The van der Waals surface area contributed by atoms with Crippen molar-refractivity contribution in [1.82, 2.24) is 5.32 Å². The van der Waals surface area contributed by atoms with Crippen LogP contribution >= 0.6 is 0 Å². The molecule has 0 saturated heterocycles. The summed E-state index contributed by atoms with van der Waals surface area (Å²) in [6.07, 6.45) is -0.679. The van der Waals surface area contributed by atoms with E-state index in [0.717, 1.165) is 11.1 Å². The molecule has 1 amide bonds. The minimum atomic E-state index is -0.679. The largest absolute Gasteiger partial charge is 0.387 e. The number of hydrogen-bond acceptors (Lipinski definition) is 3. The summed E-state index contributed by atoms with van der Waals surface area (Å²) in [7, 11) is 1.46. The first-order valence-corrected chi connectivity index (χ1v) is 5.14. The van der Waals surface area contributed by atoms with Gasteiger partial charge in [0.25, 0.3) is 0 Å². The number of benzene rings is 1. The Morgan fingerprint density at radius 1 is 1.50 bits per heavy atom. The van der Waals surface area contributed by atoms with E-state index < -0.39 is 6.10 Å². The molecule has 0 aliphatic rings. The molecule has 0 radical (unpaired) electrons. The SMILES string of the molecule is COCC(=O)NCC(O)c1ccccc1C. The molecule has 0 aliphatic carbocycles. The predicted octanol–water partition coefficient (Wildman–Crippen LogP) is 0.791. The van der Waals surface area contributed by atoms with Crippen LogP contribution in [-0.2, 0) is 9.53 Å². The second-order valence-electron chi connectivity index (χ2n) is 3.61. The molecule has 0 fully saturated rings. The van der Waals surface area contributed by atoms with Crippen LogP contribution in [0.15, 0.2) is 24.3 Å². The lowest BCUT2D eigenvalue weighted by atomic mass is 10.0. The van der Waals surface area contributed by atoms with Gasteiger partial charge in [0.15, 0.2) is 0 Å². The molecule has 0 heterocycles. The molecule has 1 unspecified atom stereocenters. The first kappa shape index (κ1) is 12.7. The maximum atomic E-state index is 11.1. The van der Waals surface area contributed by atoms with Gasteiger partial charge in [-0.1, -0.05) is 24.3 Å². The Kier molecular flexibility index (Phi) is 4.95. The number of amides is 1. The summed E-state index contributed by atoms with van der Waals surface area (Å²) in [5.74, 6) is -0.227. The number of nitrogens with one attached hydrogen (secondary N) is 1. The summed E-state index contributed by atoms with van der Waals surface area (Å²) in [5, 5.41) is 12.5. The average Bonchev–Trinajstić information content (AvgIpc) is 2.27. The van der Waals surface area contributed by atoms with Crippen molar-refractivity contribution in [2.45, 2.75) is 13.0 Å². The molecule has 0 aliphatic heterocycles. The Balaban J connectivity index is 2.50. The zero-order chi connectivity index (χ0) is 12.0. The quantitative estimate of drug-likeness (QED) is 0.776. The highest BCUT2D eigenvalue weighted by molar-refractivity contribution is 5.77. The van der Waals surface area contributed by atoms with E-state index in [-0.39, 0.29) is 19.1 Å². The number of ether oxygens (including phenoxy) is 1. The molecule has 88 valence electrons. The molecule has 2 N–H and O–H groups in total. The maximum absolute atomic E-state index is 11.1. The van der Waals surface area contributed by atoms with Gasteiger partial charge in [-0.05, 0) is 18.1 Å². The van der Waals surface area contributed by atoms with Crippen LogP contribution in [0.25, 0.3) is 0 Å². The van der Waals surface area contributed by atoms with Crippen LogP contribution in [0.5, 0.6) is 0 Å². The van der Waals surface area contributed by atoms with E-state index in [4.69, 9.17) is 0 Å².